The van der Waals surface area contributed by atoms with Crippen molar-refractivity contribution in [3.05, 3.63) is 76.7 Å². The highest BCUT2D eigenvalue weighted by Gasteiger charge is 2.32. The first-order valence-electron chi connectivity index (χ1n) is 10.1. The molecule has 0 spiro atoms. The first-order valence-corrected chi connectivity index (χ1v) is 10.4. The molecule has 1 aliphatic heterocycles. The second kappa shape index (κ2) is 9.41. The molecule has 31 heavy (non-hydrogen) atoms. The quantitative estimate of drug-likeness (QED) is 0.618. The van der Waals surface area contributed by atoms with Gasteiger partial charge in [-0.25, -0.2) is 4.39 Å². The van der Waals surface area contributed by atoms with Crippen LogP contribution < -0.4 is 10.6 Å². The molecule has 2 amide bonds. The first kappa shape index (κ1) is 21.2. The van der Waals surface area contributed by atoms with Crippen LogP contribution in [-0.4, -0.2) is 40.8 Å². The first-order chi connectivity index (χ1) is 15.0. The molecule has 0 saturated carbocycles. The van der Waals surface area contributed by atoms with E-state index in [2.05, 4.69) is 15.6 Å². The fourth-order valence-electron chi connectivity index (χ4n) is 3.74. The number of hydrogen-bond donors (Lipinski definition) is 2. The maximum Gasteiger partial charge on any atom is 0.237 e. The fourth-order valence-corrected chi connectivity index (χ4v) is 3.97. The molecule has 0 unspecified atom stereocenters. The number of hydrogen-bond acceptors (Lipinski definition) is 4. The zero-order valence-electron chi connectivity index (χ0n) is 16.8. The number of nitrogens with one attached hydrogen (secondary N) is 2. The van der Waals surface area contributed by atoms with Crippen LogP contribution in [0.15, 0.2) is 54.7 Å². The van der Waals surface area contributed by atoms with Crippen molar-refractivity contribution < 1.29 is 14.0 Å². The summed E-state index contributed by atoms with van der Waals surface area (Å²) in [6.07, 6.45) is 1.71. The van der Waals surface area contributed by atoms with Crippen LogP contribution in [-0.2, 0) is 22.7 Å². The Morgan fingerprint density at radius 3 is 2.97 bits per heavy atom. The highest BCUT2D eigenvalue weighted by atomic mass is 35.5. The SMILES string of the molecule is O=C(C[C@@H]1C(=O)NCCN1Cc1c(F)cccc1Cl)NCc1ccc2ncccc2c1. The van der Waals surface area contributed by atoms with E-state index in [0.29, 0.717) is 30.2 Å². The highest BCUT2D eigenvalue weighted by Crippen LogP contribution is 2.23. The van der Waals surface area contributed by atoms with E-state index < -0.39 is 11.9 Å². The number of carbonyl (C=O) groups is 2. The Kier molecular flexibility index (Phi) is 6.44. The minimum Gasteiger partial charge on any atom is -0.353 e. The molecule has 1 atom stereocenters. The van der Waals surface area contributed by atoms with Gasteiger partial charge in [0.15, 0.2) is 0 Å². The van der Waals surface area contributed by atoms with Gasteiger partial charge in [-0.1, -0.05) is 29.8 Å². The third-order valence-electron chi connectivity index (χ3n) is 5.40. The van der Waals surface area contributed by atoms with Gasteiger partial charge in [0.1, 0.15) is 5.82 Å². The van der Waals surface area contributed by atoms with Gasteiger partial charge >= 0.3 is 0 Å². The summed E-state index contributed by atoms with van der Waals surface area (Å²) in [6, 6.07) is 13.4. The summed E-state index contributed by atoms with van der Waals surface area (Å²) >= 11 is 6.15. The predicted octanol–water partition coefficient (Wildman–Crippen LogP) is 3.03. The Balaban J connectivity index is 1.41. The molecule has 0 aliphatic carbocycles. The number of halogens is 2. The predicted molar refractivity (Wildman–Crippen MR) is 117 cm³/mol. The average molecular weight is 441 g/mol. The molecule has 2 N–H and O–H groups in total. The van der Waals surface area contributed by atoms with Crippen LogP contribution in [0.4, 0.5) is 4.39 Å². The lowest BCUT2D eigenvalue weighted by molar-refractivity contribution is -0.134. The minimum atomic E-state index is -0.690. The van der Waals surface area contributed by atoms with Gasteiger partial charge in [-0.05, 0) is 35.9 Å². The summed E-state index contributed by atoms with van der Waals surface area (Å²) in [5.74, 6) is -0.920. The number of carbonyl (C=O) groups excluding carboxylic acids is 2. The molecule has 2 heterocycles. The summed E-state index contributed by atoms with van der Waals surface area (Å²) in [5.41, 5.74) is 2.16. The van der Waals surface area contributed by atoms with Gasteiger partial charge in [-0.2, -0.15) is 0 Å². The van der Waals surface area contributed by atoms with Crippen LogP contribution in [0, 0.1) is 5.82 Å². The summed E-state index contributed by atoms with van der Waals surface area (Å²) in [6.45, 7) is 1.45. The summed E-state index contributed by atoms with van der Waals surface area (Å²) in [5, 5.41) is 6.95. The molecule has 0 radical (unpaired) electrons. The summed E-state index contributed by atoms with van der Waals surface area (Å²) in [4.78, 5) is 31.1. The Bertz CT molecular complexity index is 1100. The van der Waals surface area contributed by atoms with Gasteiger partial charge in [0.25, 0.3) is 0 Å². The van der Waals surface area contributed by atoms with Gasteiger partial charge in [-0.15, -0.1) is 0 Å². The molecule has 4 rings (SSSR count). The van der Waals surface area contributed by atoms with Crippen molar-refractivity contribution >= 4 is 34.3 Å². The lowest BCUT2D eigenvalue weighted by Crippen LogP contribution is -2.56. The molecule has 1 fully saturated rings. The monoisotopic (exact) mass is 440 g/mol. The molecule has 2 aromatic carbocycles. The van der Waals surface area contributed by atoms with Crippen LogP contribution in [0.2, 0.25) is 5.02 Å². The summed E-state index contributed by atoms with van der Waals surface area (Å²) in [7, 11) is 0. The average Bonchev–Trinajstić information content (AvgIpc) is 2.77. The second-order valence-corrected chi connectivity index (χ2v) is 7.90. The van der Waals surface area contributed by atoms with Gasteiger partial charge in [-0.3, -0.25) is 19.5 Å². The molecule has 8 heteroatoms. The van der Waals surface area contributed by atoms with Gasteiger partial charge in [0, 0.05) is 48.3 Å². The van der Waals surface area contributed by atoms with Crippen molar-refractivity contribution in [1.82, 2.24) is 20.5 Å². The van der Waals surface area contributed by atoms with Crippen LogP contribution in [0.1, 0.15) is 17.5 Å². The fraction of sp³-hybridized carbons (Fsp3) is 0.261. The zero-order valence-corrected chi connectivity index (χ0v) is 17.5. The standard InChI is InChI=1S/C23H22ClFN4O2/c24-18-4-1-5-19(25)17(18)14-29-10-9-27-23(31)21(29)12-22(30)28-13-15-6-7-20-16(11-15)3-2-8-26-20/h1-8,11,21H,9-10,12-14H2,(H,27,31)(H,28,30)/t21-/m1/s1. The smallest absolute Gasteiger partial charge is 0.237 e. The Labute approximate surface area is 184 Å². The van der Waals surface area contributed by atoms with E-state index in [0.717, 1.165) is 16.5 Å². The van der Waals surface area contributed by atoms with E-state index in [9.17, 15) is 14.0 Å². The molecule has 0 bridgehead atoms. The van der Waals surface area contributed by atoms with Gasteiger partial charge in [0.2, 0.25) is 11.8 Å². The Morgan fingerprint density at radius 2 is 2.13 bits per heavy atom. The van der Waals surface area contributed by atoms with E-state index in [-0.39, 0.29) is 24.8 Å². The van der Waals surface area contributed by atoms with E-state index in [1.165, 1.54) is 12.1 Å². The number of nitrogens with zero attached hydrogens (tertiary/aromatic N) is 2. The normalized spacial score (nSPS) is 16.8. The van der Waals surface area contributed by atoms with Crippen LogP contribution in [0.25, 0.3) is 10.9 Å². The minimum absolute atomic E-state index is 0.0208. The van der Waals surface area contributed by atoms with Crippen molar-refractivity contribution in [3.8, 4) is 0 Å². The third kappa shape index (κ3) is 5.00. The lowest BCUT2D eigenvalue weighted by atomic mass is 10.1. The van der Waals surface area contributed by atoms with E-state index >= 15 is 0 Å². The number of fused-ring (bicyclic) bond motifs is 1. The third-order valence-corrected chi connectivity index (χ3v) is 5.75. The van der Waals surface area contributed by atoms with Crippen molar-refractivity contribution in [2.45, 2.75) is 25.6 Å². The van der Waals surface area contributed by atoms with Crippen molar-refractivity contribution in [3.63, 3.8) is 0 Å². The number of pyridine rings is 1. The molecular weight excluding hydrogens is 419 g/mol. The number of benzene rings is 2. The molecule has 1 aromatic heterocycles. The lowest BCUT2D eigenvalue weighted by Gasteiger charge is -2.35. The number of amides is 2. The highest BCUT2D eigenvalue weighted by molar-refractivity contribution is 6.31. The second-order valence-electron chi connectivity index (χ2n) is 7.49. The molecule has 3 aromatic rings. The topological polar surface area (TPSA) is 74.3 Å². The van der Waals surface area contributed by atoms with Crippen LogP contribution in [0.5, 0.6) is 0 Å². The van der Waals surface area contributed by atoms with Gasteiger partial charge < -0.3 is 10.6 Å². The molecule has 6 nitrogen and oxygen atoms in total. The molecule has 1 aliphatic rings. The maximum atomic E-state index is 14.2. The number of aromatic nitrogens is 1. The Morgan fingerprint density at radius 1 is 1.26 bits per heavy atom. The van der Waals surface area contributed by atoms with Crippen molar-refractivity contribution in [2.24, 2.45) is 0 Å². The van der Waals surface area contributed by atoms with Crippen LogP contribution in [0.3, 0.4) is 0 Å². The molecule has 160 valence electrons. The maximum absolute atomic E-state index is 14.2. The molecular formula is C23H22ClFN4O2. The van der Waals surface area contributed by atoms with E-state index in [4.69, 9.17) is 11.6 Å². The van der Waals surface area contributed by atoms with Crippen molar-refractivity contribution in [1.29, 1.82) is 0 Å². The molecule has 1 saturated heterocycles. The van der Waals surface area contributed by atoms with Crippen molar-refractivity contribution in [2.75, 3.05) is 13.1 Å². The zero-order chi connectivity index (χ0) is 21.8. The largest absolute Gasteiger partial charge is 0.353 e. The van der Waals surface area contributed by atoms with Crippen LogP contribution >= 0.6 is 11.6 Å². The summed E-state index contributed by atoms with van der Waals surface area (Å²) < 4.78 is 14.2. The van der Waals surface area contributed by atoms with E-state index in [1.807, 2.05) is 30.3 Å². The van der Waals surface area contributed by atoms with E-state index in [1.54, 1.807) is 17.2 Å². The Hall–Kier alpha value is -3.03. The number of piperazine rings is 1. The number of rotatable bonds is 6. The van der Waals surface area contributed by atoms with Gasteiger partial charge in [0.05, 0.1) is 18.0 Å².